The van der Waals surface area contributed by atoms with Crippen LogP contribution in [0, 0.1) is 5.92 Å². The van der Waals surface area contributed by atoms with Gasteiger partial charge in [0.1, 0.15) is 0 Å². The van der Waals surface area contributed by atoms with E-state index < -0.39 is 0 Å². The second-order valence-electron chi connectivity index (χ2n) is 8.82. The molecule has 1 unspecified atom stereocenters. The summed E-state index contributed by atoms with van der Waals surface area (Å²) >= 11 is 1.96. The lowest BCUT2D eigenvalue weighted by atomic mass is 9.87. The molecule has 4 nitrogen and oxygen atoms in total. The summed E-state index contributed by atoms with van der Waals surface area (Å²) < 4.78 is 0. The molecule has 3 aliphatic rings. The van der Waals surface area contributed by atoms with Crippen molar-refractivity contribution in [1.29, 1.82) is 0 Å². The summed E-state index contributed by atoms with van der Waals surface area (Å²) in [6.07, 6.45) is 8.45. The number of rotatable bonds is 4. The Morgan fingerprint density at radius 3 is 2.41 bits per heavy atom. The van der Waals surface area contributed by atoms with Crippen LogP contribution in [0.3, 0.4) is 0 Å². The Balaban J connectivity index is 1.41. The Bertz CT molecular complexity index is 709. The second kappa shape index (κ2) is 9.11. The summed E-state index contributed by atoms with van der Waals surface area (Å²) in [5.74, 6) is 1.86. The molecule has 0 bridgehead atoms. The number of carbonyl (C=O) groups is 2. The summed E-state index contributed by atoms with van der Waals surface area (Å²) in [5, 5.41) is 0. The van der Waals surface area contributed by atoms with E-state index in [2.05, 4.69) is 28.9 Å². The van der Waals surface area contributed by atoms with Crippen LogP contribution in [0.5, 0.6) is 0 Å². The van der Waals surface area contributed by atoms with Gasteiger partial charge in [0.05, 0.1) is 10.8 Å². The van der Waals surface area contributed by atoms with E-state index in [1.807, 2.05) is 30.0 Å². The van der Waals surface area contributed by atoms with E-state index in [0.717, 1.165) is 63.1 Å². The molecule has 1 atom stereocenters. The number of thioether (sulfide) groups is 1. The van der Waals surface area contributed by atoms with Crippen LogP contribution in [0.15, 0.2) is 30.3 Å². The Hall–Kier alpha value is -1.49. The summed E-state index contributed by atoms with van der Waals surface area (Å²) in [5.41, 5.74) is 1.12. The van der Waals surface area contributed by atoms with Crippen molar-refractivity contribution in [1.82, 2.24) is 9.80 Å². The first kappa shape index (κ1) is 20.8. The van der Waals surface area contributed by atoms with Gasteiger partial charge in [-0.05, 0) is 37.7 Å². The normalized spacial score (nSPS) is 23.3. The monoisotopic (exact) mass is 414 g/mol. The maximum atomic E-state index is 13.3. The lowest BCUT2D eigenvalue weighted by molar-refractivity contribution is -0.141. The highest BCUT2D eigenvalue weighted by molar-refractivity contribution is 8.00. The summed E-state index contributed by atoms with van der Waals surface area (Å²) in [4.78, 5) is 30.7. The Morgan fingerprint density at radius 1 is 1.07 bits per heavy atom. The zero-order valence-corrected chi connectivity index (χ0v) is 18.5. The van der Waals surface area contributed by atoms with Gasteiger partial charge in [0.2, 0.25) is 11.8 Å². The predicted molar refractivity (Wildman–Crippen MR) is 119 cm³/mol. The quantitative estimate of drug-likeness (QED) is 0.720. The topological polar surface area (TPSA) is 40.6 Å². The largest absolute Gasteiger partial charge is 0.342 e. The molecule has 1 aromatic rings. The van der Waals surface area contributed by atoms with Gasteiger partial charge in [-0.2, -0.15) is 0 Å². The van der Waals surface area contributed by atoms with Gasteiger partial charge in [0.25, 0.3) is 0 Å². The van der Waals surface area contributed by atoms with Crippen LogP contribution >= 0.6 is 11.8 Å². The Kier molecular flexibility index (Phi) is 6.53. The number of hydrogen-bond acceptors (Lipinski definition) is 3. The summed E-state index contributed by atoms with van der Waals surface area (Å²) in [6.45, 7) is 4.52. The first-order chi connectivity index (χ1) is 14.1. The van der Waals surface area contributed by atoms with Gasteiger partial charge in [-0.3, -0.25) is 9.59 Å². The predicted octanol–water partition coefficient (Wildman–Crippen LogP) is 4.65. The minimum atomic E-state index is -0.0697. The molecule has 2 heterocycles. The molecule has 4 rings (SSSR count). The summed E-state index contributed by atoms with van der Waals surface area (Å²) in [7, 11) is 0. The molecule has 1 spiro atoms. The molecule has 5 heteroatoms. The maximum Gasteiger partial charge on any atom is 0.230 e. The van der Waals surface area contributed by atoms with Crippen molar-refractivity contribution in [3.05, 3.63) is 35.9 Å². The average Bonchev–Trinajstić information content (AvgIpc) is 3.18. The van der Waals surface area contributed by atoms with Crippen LogP contribution in [-0.2, 0) is 9.59 Å². The van der Waals surface area contributed by atoms with Crippen LogP contribution < -0.4 is 0 Å². The van der Waals surface area contributed by atoms with Crippen molar-refractivity contribution in [2.45, 2.75) is 69.1 Å². The van der Waals surface area contributed by atoms with Crippen molar-refractivity contribution < 1.29 is 9.59 Å². The molecule has 1 aliphatic carbocycles. The highest BCUT2D eigenvalue weighted by Crippen LogP contribution is 2.45. The molecular weight excluding hydrogens is 380 g/mol. The fourth-order valence-corrected chi connectivity index (χ4v) is 6.90. The lowest BCUT2D eigenvalue weighted by Crippen LogP contribution is -2.55. The number of hydrogen-bond donors (Lipinski definition) is 0. The van der Waals surface area contributed by atoms with Gasteiger partial charge in [-0.15, -0.1) is 11.8 Å². The SMILES string of the molecule is CCC(C(=O)N1CCC2(CC1)SCCN2C(=O)C1CCCCC1)c1ccccc1. The van der Waals surface area contributed by atoms with E-state index in [0.29, 0.717) is 5.91 Å². The molecule has 2 aliphatic heterocycles. The molecule has 29 heavy (non-hydrogen) atoms. The number of likely N-dealkylation sites (tertiary alicyclic amines) is 1. The van der Waals surface area contributed by atoms with Crippen molar-refractivity contribution in [3.63, 3.8) is 0 Å². The van der Waals surface area contributed by atoms with Gasteiger partial charge >= 0.3 is 0 Å². The van der Waals surface area contributed by atoms with Crippen molar-refractivity contribution in [2.75, 3.05) is 25.4 Å². The molecule has 0 radical (unpaired) electrons. The van der Waals surface area contributed by atoms with Crippen molar-refractivity contribution in [2.24, 2.45) is 5.92 Å². The molecule has 3 fully saturated rings. The van der Waals surface area contributed by atoms with E-state index in [4.69, 9.17) is 0 Å². The number of amides is 2. The minimum absolute atomic E-state index is 0.0542. The first-order valence-corrected chi connectivity index (χ1v) is 12.4. The van der Waals surface area contributed by atoms with Gasteiger partial charge < -0.3 is 9.80 Å². The average molecular weight is 415 g/mol. The third kappa shape index (κ3) is 4.21. The number of benzene rings is 1. The van der Waals surface area contributed by atoms with Crippen LogP contribution in [0.2, 0.25) is 0 Å². The van der Waals surface area contributed by atoms with E-state index in [1.54, 1.807) is 0 Å². The van der Waals surface area contributed by atoms with Crippen LogP contribution in [-0.4, -0.2) is 51.9 Å². The standard InChI is InChI=1S/C24H34N2O2S/c1-2-21(19-9-5-3-6-10-19)23(28)25-15-13-24(14-16-25)26(17-18-29-24)22(27)20-11-7-4-8-12-20/h3,5-6,9-10,20-21H,2,4,7-8,11-18H2,1H3. The summed E-state index contributed by atoms with van der Waals surface area (Å²) in [6, 6.07) is 10.2. The maximum absolute atomic E-state index is 13.3. The third-order valence-corrected chi connectivity index (χ3v) is 8.72. The van der Waals surface area contributed by atoms with Gasteiger partial charge in [0.15, 0.2) is 0 Å². The van der Waals surface area contributed by atoms with Crippen LogP contribution in [0.1, 0.15) is 69.8 Å². The molecule has 2 saturated heterocycles. The number of nitrogens with zero attached hydrogens (tertiary/aromatic N) is 2. The fraction of sp³-hybridized carbons (Fsp3) is 0.667. The number of carbonyl (C=O) groups excluding carboxylic acids is 2. The molecule has 1 aromatic carbocycles. The van der Waals surface area contributed by atoms with Crippen LogP contribution in [0.4, 0.5) is 0 Å². The molecule has 1 saturated carbocycles. The van der Waals surface area contributed by atoms with E-state index in [1.165, 1.54) is 19.3 Å². The van der Waals surface area contributed by atoms with Gasteiger partial charge in [0, 0.05) is 31.3 Å². The Morgan fingerprint density at radius 2 is 1.76 bits per heavy atom. The third-order valence-electron chi connectivity index (χ3n) is 7.16. The smallest absolute Gasteiger partial charge is 0.230 e. The zero-order chi connectivity index (χ0) is 20.3. The van der Waals surface area contributed by atoms with Crippen molar-refractivity contribution >= 4 is 23.6 Å². The minimum Gasteiger partial charge on any atom is -0.342 e. The zero-order valence-electron chi connectivity index (χ0n) is 17.6. The van der Waals surface area contributed by atoms with Gasteiger partial charge in [-0.25, -0.2) is 0 Å². The van der Waals surface area contributed by atoms with Gasteiger partial charge in [-0.1, -0.05) is 56.5 Å². The van der Waals surface area contributed by atoms with Crippen molar-refractivity contribution in [3.8, 4) is 0 Å². The molecule has 0 aromatic heterocycles. The molecule has 0 N–H and O–H groups in total. The lowest BCUT2D eigenvalue weighted by Gasteiger charge is -2.45. The molecule has 158 valence electrons. The Labute approximate surface area is 179 Å². The molecular formula is C24H34N2O2S. The van der Waals surface area contributed by atoms with E-state index in [-0.39, 0.29) is 22.6 Å². The highest BCUT2D eigenvalue weighted by atomic mass is 32.2. The molecule has 2 amide bonds. The second-order valence-corrected chi connectivity index (χ2v) is 10.3. The first-order valence-electron chi connectivity index (χ1n) is 11.4. The van der Waals surface area contributed by atoms with E-state index in [9.17, 15) is 9.59 Å². The fourth-order valence-electron chi connectivity index (χ4n) is 5.44. The van der Waals surface area contributed by atoms with E-state index >= 15 is 0 Å². The highest BCUT2D eigenvalue weighted by Gasteiger charge is 2.48. The number of piperidine rings is 1. The van der Waals surface area contributed by atoms with Crippen LogP contribution in [0.25, 0.3) is 0 Å².